The number of hydrogen-bond donors (Lipinski definition) is 1. The molecule has 1 aliphatic carbocycles. The first kappa shape index (κ1) is 16.8. The highest BCUT2D eigenvalue weighted by Crippen LogP contribution is 2.37. The van der Waals surface area contributed by atoms with Crippen LogP contribution < -0.4 is 10.2 Å². The lowest BCUT2D eigenvalue weighted by atomic mass is 10.0. The van der Waals surface area contributed by atoms with Crippen LogP contribution >= 0.6 is 11.3 Å². The molecule has 2 rings (SSSR count). The Morgan fingerprint density at radius 2 is 2.00 bits per heavy atom. The SMILES string of the molecule is CCC(C)c1nc(N(CC)C2CC2)sc1CNC(C)(C)C. The van der Waals surface area contributed by atoms with E-state index in [0.29, 0.717) is 5.92 Å². The first-order chi connectivity index (χ1) is 9.85. The van der Waals surface area contributed by atoms with Gasteiger partial charge in [0, 0.05) is 29.5 Å². The molecule has 0 bridgehead atoms. The van der Waals surface area contributed by atoms with Gasteiger partial charge in [0.1, 0.15) is 0 Å². The van der Waals surface area contributed by atoms with Crippen LogP contribution in [0.25, 0.3) is 0 Å². The fourth-order valence-electron chi connectivity index (χ4n) is 2.46. The van der Waals surface area contributed by atoms with Crippen molar-refractivity contribution in [3.63, 3.8) is 0 Å². The second kappa shape index (κ2) is 6.66. The van der Waals surface area contributed by atoms with Crippen molar-refractivity contribution in [2.45, 2.75) is 84.8 Å². The van der Waals surface area contributed by atoms with Crippen molar-refractivity contribution in [3.05, 3.63) is 10.6 Å². The molecule has 1 aromatic rings. The Morgan fingerprint density at radius 1 is 1.33 bits per heavy atom. The number of nitrogens with one attached hydrogen (secondary N) is 1. The van der Waals surface area contributed by atoms with Gasteiger partial charge >= 0.3 is 0 Å². The van der Waals surface area contributed by atoms with E-state index < -0.39 is 0 Å². The molecule has 0 aromatic carbocycles. The average molecular weight is 310 g/mol. The summed E-state index contributed by atoms with van der Waals surface area (Å²) in [7, 11) is 0. The fraction of sp³-hybridized carbons (Fsp3) is 0.824. The average Bonchev–Trinajstić information content (AvgIpc) is 3.15. The Balaban J connectivity index is 2.21. The summed E-state index contributed by atoms with van der Waals surface area (Å²) in [4.78, 5) is 8.94. The van der Waals surface area contributed by atoms with Crippen LogP contribution in [0, 0.1) is 0 Å². The second-order valence-corrected chi connectivity index (χ2v) is 8.30. The summed E-state index contributed by atoms with van der Waals surface area (Å²) in [5.41, 5.74) is 1.46. The standard InChI is InChI=1S/C17H31N3S/c1-7-12(3)15-14(11-18-17(4,5)6)21-16(19-15)20(8-2)13-9-10-13/h12-13,18H,7-11H2,1-6H3. The largest absolute Gasteiger partial charge is 0.345 e. The molecular weight excluding hydrogens is 278 g/mol. The van der Waals surface area contributed by atoms with Gasteiger partial charge in [-0.2, -0.15) is 0 Å². The van der Waals surface area contributed by atoms with Crippen LogP contribution in [0.15, 0.2) is 0 Å². The molecule has 1 aromatic heterocycles. The summed E-state index contributed by atoms with van der Waals surface area (Å²) >= 11 is 1.90. The topological polar surface area (TPSA) is 28.2 Å². The van der Waals surface area contributed by atoms with E-state index in [0.717, 1.165) is 25.6 Å². The predicted octanol–water partition coefficient (Wildman–Crippen LogP) is 4.53. The van der Waals surface area contributed by atoms with Crippen LogP contribution in [-0.4, -0.2) is 23.1 Å². The van der Waals surface area contributed by atoms with E-state index in [9.17, 15) is 0 Å². The first-order valence-electron chi connectivity index (χ1n) is 8.37. The molecule has 1 atom stereocenters. The smallest absolute Gasteiger partial charge is 0.186 e. The quantitative estimate of drug-likeness (QED) is 0.802. The molecule has 1 unspecified atom stereocenters. The molecule has 1 aliphatic rings. The van der Waals surface area contributed by atoms with Crippen LogP contribution in [0.1, 0.15) is 77.3 Å². The van der Waals surface area contributed by atoms with Gasteiger partial charge in [-0.05, 0) is 52.9 Å². The maximum absolute atomic E-state index is 5.02. The van der Waals surface area contributed by atoms with Crippen molar-refractivity contribution in [1.29, 1.82) is 0 Å². The van der Waals surface area contributed by atoms with Crippen LogP contribution in [0.5, 0.6) is 0 Å². The minimum Gasteiger partial charge on any atom is -0.345 e. The van der Waals surface area contributed by atoms with Crippen LogP contribution in [-0.2, 0) is 6.54 Å². The molecule has 1 saturated carbocycles. The molecule has 0 amide bonds. The third-order valence-corrected chi connectivity index (χ3v) is 5.26. The zero-order valence-corrected chi connectivity index (χ0v) is 15.3. The van der Waals surface area contributed by atoms with E-state index in [1.807, 2.05) is 11.3 Å². The third-order valence-electron chi connectivity index (χ3n) is 4.15. The Hall–Kier alpha value is -0.610. The van der Waals surface area contributed by atoms with E-state index >= 15 is 0 Å². The Morgan fingerprint density at radius 3 is 2.48 bits per heavy atom. The summed E-state index contributed by atoms with van der Waals surface area (Å²) in [6.45, 7) is 15.5. The zero-order valence-electron chi connectivity index (χ0n) is 14.5. The number of thiazole rings is 1. The normalized spacial score (nSPS) is 17.0. The molecule has 1 heterocycles. The highest BCUT2D eigenvalue weighted by atomic mass is 32.1. The number of aromatic nitrogens is 1. The Labute approximate surface area is 134 Å². The van der Waals surface area contributed by atoms with Crippen molar-refractivity contribution in [2.24, 2.45) is 0 Å². The van der Waals surface area contributed by atoms with Gasteiger partial charge in [0.05, 0.1) is 5.69 Å². The molecule has 0 aliphatic heterocycles. The molecule has 0 spiro atoms. The number of nitrogens with zero attached hydrogens (tertiary/aromatic N) is 2. The Bertz CT molecular complexity index is 457. The summed E-state index contributed by atoms with van der Waals surface area (Å²) < 4.78 is 0. The molecular formula is C17H31N3S. The molecule has 120 valence electrons. The van der Waals surface area contributed by atoms with E-state index in [-0.39, 0.29) is 5.54 Å². The van der Waals surface area contributed by atoms with Crippen molar-refractivity contribution < 1.29 is 0 Å². The molecule has 0 saturated heterocycles. The Kier molecular flexibility index (Phi) is 5.31. The van der Waals surface area contributed by atoms with Gasteiger partial charge in [0.15, 0.2) is 5.13 Å². The zero-order chi connectivity index (χ0) is 15.6. The van der Waals surface area contributed by atoms with Crippen molar-refractivity contribution >= 4 is 16.5 Å². The molecule has 4 heteroatoms. The van der Waals surface area contributed by atoms with Crippen LogP contribution in [0.3, 0.4) is 0 Å². The van der Waals surface area contributed by atoms with Crippen molar-refractivity contribution in [2.75, 3.05) is 11.4 Å². The predicted molar refractivity (Wildman–Crippen MR) is 93.5 cm³/mol. The van der Waals surface area contributed by atoms with Gasteiger partial charge < -0.3 is 10.2 Å². The second-order valence-electron chi connectivity index (χ2n) is 7.23. The monoisotopic (exact) mass is 309 g/mol. The van der Waals surface area contributed by atoms with Gasteiger partial charge in [-0.3, -0.25) is 0 Å². The first-order valence-corrected chi connectivity index (χ1v) is 9.18. The highest BCUT2D eigenvalue weighted by Gasteiger charge is 2.31. The molecule has 21 heavy (non-hydrogen) atoms. The van der Waals surface area contributed by atoms with E-state index in [4.69, 9.17) is 4.98 Å². The van der Waals surface area contributed by atoms with Gasteiger partial charge in [-0.1, -0.05) is 13.8 Å². The summed E-state index contributed by atoms with van der Waals surface area (Å²) in [6, 6.07) is 0.745. The molecule has 3 nitrogen and oxygen atoms in total. The lowest BCUT2D eigenvalue weighted by Gasteiger charge is -2.20. The van der Waals surface area contributed by atoms with Gasteiger partial charge in [-0.15, -0.1) is 11.3 Å². The van der Waals surface area contributed by atoms with E-state index in [1.165, 1.54) is 28.5 Å². The van der Waals surface area contributed by atoms with Gasteiger partial charge in [-0.25, -0.2) is 4.98 Å². The highest BCUT2D eigenvalue weighted by molar-refractivity contribution is 7.15. The minimum absolute atomic E-state index is 0.151. The summed E-state index contributed by atoms with van der Waals surface area (Å²) in [5.74, 6) is 0.546. The number of hydrogen-bond acceptors (Lipinski definition) is 4. The third kappa shape index (κ3) is 4.43. The minimum atomic E-state index is 0.151. The van der Waals surface area contributed by atoms with E-state index in [1.54, 1.807) is 0 Å². The molecule has 1 N–H and O–H groups in total. The van der Waals surface area contributed by atoms with Crippen molar-refractivity contribution in [3.8, 4) is 0 Å². The summed E-state index contributed by atoms with van der Waals surface area (Å²) in [6.07, 6.45) is 3.82. The lowest BCUT2D eigenvalue weighted by molar-refractivity contribution is 0.424. The maximum atomic E-state index is 5.02. The maximum Gasteiger partial charge on any atom is 0.186 e. The lowest BCUT2D eigenvalue weighted by Crippen LogP contribution is -2.35. The molecule has 0 radical (unpaired) electrons. The summed E-state index contributed by atoms with van der Waals surface area (Å²) in [5, 5.41) is 4.86. The molecule has 1 fully saturated rings. The number of anilines is 1. The fourth-order valence-corrected chi connectivity index (χ4v) is 3.72. The van der Waals surface area contributed by atoms with Gasteiger partial charge in [0.2, 0.25) is 0 Å². The number of rotatable bonds is 7. The van der Waals surface area contributed by atoms with Crippen LogP contribution in [0.4, 0.5) is 5.13 Å². The van der Waals surface area contributed by atoms with Gasteiger partial charge in [0.25, 0.3) is 0 Å². The van der Waals surface area contributed by atoms with Crippen molar-refractivity contribution in [1.82, 2.24) is 10.3 Å². The van der Waals surface area contributed by atoms with Crippen LogP contribution in [0.2, 0.25) is 0 Å². The van der Waals surface area contributed by atoms with E-state index in [2.05, 4.69) is 51.8 Å².